The van der Waals surface area contributed by atoms with Crippen molar-refractivity contribution >= 4 is 11.0 Å². The van der Waals surface area contributed by atoms with Crippen LogP contribution >= 0.6 is 0 Å². The van der Waals surface area contributed by atoms with E-state index in [0.29, 0.717) is 11.3 Å². The lowest BCUT2D eigenvalue weighted by atomic mass is 10.1. The van der Waals surface area contributed by atoms with Crippen molar-refractivity contribution in [3.8, 4) is 5.75 Å². The van der Waals surface area contributed by atoms with E-state index in [1.807, 2.05) is 6.07 Å². The minimum atomic E-state index is -0.817. The smallest absolute Gasteiger partial charge is 0.123 e. The van der Waals surface area contributed by atoms with Crippen LogP contribution in [-0.2, 0) is 0 Å². The van der Waals surface area contributed by atoms with E-state index in [1.165, 1.54) is 24.3 Å². The maximum atomic E-state index is 12.8. The topological polar surface area (TPSA) is 55.2 Å². The van der Waals surface area contributed by atoms with E-state index in [4.69, 9.17) is 4.74 Å². The summed E-state index contributed by atoms with van der Waals surface area (Å²) in [6.45, 7) is 0.0808. The number of aliphatic hydroxyl groups excluding tert-OH is 1. The van der Waals surface area contributed by atoms with Gasteiger partial charge in [-0.1, -0.05) is 12.1 Å². The lowest BCUT2D eigenvalue weighted by Gasteiger charge is -2.13. The zero-order valence-electron chi connectivity index (χ0n) is 11.1. The zero-order valence-corrected chi connectivity index (χ0v) is 11.1. The van der Waals surface area contributed by atoms with E-state index in [-0.39, 0.29) is 12.4 Å². The molecule has 0 aliphatic carbocycles. The molecule has 5 heteroatoms. The molecule has 1 heterocycles. The summed E-state index contributed by atoms with van der Waals surface area (Å²) in [6, 6.07) is 11.0. The van der Waals surface area contributed by atoms with Crippen LogP contribution in [0.15, 0.2) is 54.9 Å². The third-order valence-electron chi connectivity index (χ3n) is 3.10. The monoisotopic (exact) mass is 284 g/mol. The first-order valence-electron chi connectivity index (χ1n) is 6.49. The fourth-order valence-electron chi connectivity index (χ4n) is 1.99. The number of aliphatic hydroxyl groups is 1. The second kappa shape index (κ2) is 5.85. The van der Waals surface area contributed by atoms with Gasteiger partial charge in [0.1, 0.15) is 24.3 Å². The molecule has 0 fully saturated rings. The Morgan fingerprint density at radius 2 is 1.71 bits per heavy atom. The number of aromatic nitrogens is 2. The van der Waals surface area contributed by atoms with Crippen LogP contribution in [0.4, 0.5) is 4.39 Å². The van der Waals surface area contributed by atoms with Crippen molar-refractivity contribution < 1.29 is 14.2 Å². The number of hydrogen-bond acceptors (Lipinski definition) is 4. The highest BCUT2D eigenvalue weighted by atomic mass is 19.1. The second-order valence-electron chi connectivity index (χ2n) is 4.59. The average molecular weight is 284 g/mol. The summed E-state index contributed by atoms with van der Waals surface area (Å²) >= 11 is 0. The number of rotatable bonds is 4. The Morgan fingerprint density at radius 1 is 1.00 bits per heavy atom. The molecule has 1 aromatic heterocycles. The minimum Gasteiger partial charge on any atom is -0.490 e. The van der Waals surface area contributed by atoms with Crippen molar-refractivity contribution in [1.82, 2.24) is 9.97 Å². The summed E-state index contributed by atoms with van der Waals surface area (Å²) in [5, 5.41) is 10.0. The van der Waals surface area contributed by atoms with Crippen molar-refractivity contribution in [2.75, 3.05) is 6.61 Å². The van der Waals surface area contributed by atoms with Crippen LogP contribution < -0.4 is 4.74 Å². The number of hydrogen-bond donors (Lipinski definition) is 1. The molecule has 1 N–H and O–H groups in total. The Morgan fingerprint density at radius 3 is 2.48 bits per heavy atom. The lowest BCUT2D eigenvalue weighted by Crippen LogP contribution is -2.09. The molecule has 0 saturated carbocycles. The van der Waals surface area contributed by atoms with Crippen LogP contribution in [0.1, 0.15) is 11.7 Å². The van der Waals surface area contributed by atoms with Gasteiger partial charge in [0.2, 0.25) is 0 Å². The van der Waals surface area contributed by atoms with Gasteiger partial charge in [-0.25, -0.2) is 4.39 Å². The summed E-state index contributed by atoms with van der Waals surface area (Å²) in [4.78, 5) is 8.36. The molecule has 2 aromatic carbocycles. The fraction of sp³-hybridized carbons (Fsp3) is 0.125. The normalized spacial score (nSPS) is 12.3. The predicted molar refractivity (Wildman–Crippen MR) is 76.4 cm³/mol. The fourth-order valence-corrected chi connectivity index (χ4v) is 1.99. The number of benzene rings is 2. The summed E-state index contributed by atoms with van der Waals surface area (Å²) < 4.78 is 18.4. The standard InChI is InChI=1S/C16H13FN2O2/c17-12-3-1-11(2-4-12)16(20)10-21-13-5-6-14-15(9-13)19-8-7-18-14/h1-9,16,20H,10H2. The van der Waals surface area contributed by atoms with E-state index < -0.39 is 6.10 Å². The highest BCUT2D eigenvalue weighted by Gasteiger charge is 2.09. The zero-order chi connectivity index (χ0) is 14.7. The second-order valence-corrected chi connectivity index (χ2v) is 4.59. The highest BCUT2D eigenvalue weighted by Crippen LogP contribution is 2.20. The first-order chi connectivity index (χ1) is 10.2. The molecule has 0 amide bonds. The van der Waals surface area contributed by atoms with Gasteiger partial charge in [0.15, 0.2) is 0 Å². The Balaban J connectivity index is 1.69. The molecule has 106 valence electrons. The van der Waals surface area contributed by atoms with Gasteiger partial charge in [-0.05, 0) is 29.8 Å². The molecular weight excluding hydrogens is 271 g/mol. The first-order valence-corrected chi connectivity index (χ1v) is 6.49. The number of halogens is 1. The molecule has 1 unspecified atom stereocenters. The van der Waals surface area contributed by atoms with Crippen LogP contribution in [-0.4, -0.2) is 21.7 Å². The molecule has 21 heavy (non-hydrogen) atoms. The van der Waals surface area contributed by atoms with Crippen molar-refractivity contribution in [1.29, 1.82) is 0 Å². The molecule has 4 nitrogen and oxygen atoms in total. The highest BCUT2D eigenvalue weighted by molar-refractivity contribution is 5.75. The average Bonchev–Trinajstić information content (AvgIpc) is 2.53. The van der Waals surface area contributed by atoms with Crippen molar-refractivity contribution in [3.05, 3.63) is 66.2 Å². The summed E-state index contributed by atoms with van der Waals surface area (Å²) in [7, 11) is 0. The third-order valence-corrected chi connectivity index (χ3v) is 3.10. The maximum Gasteiger partial charge on any atom is 0.123 e. The van der Waals surface area contributed by atoms with Gasteiger partial charge in [-0.15, -0.1) is 0 Å². The van der Waals surface area contributed by atoms with E-state index >= 15 is 0 Å². The predicted octanol–water partition coefficient (Wildman–Crippen LogP) is 2.88. The van der Waals surface area contributed by atoms with Crippen LogP contribution in [0.5, 0.6) is 5.75 Å². The molecule has 0 aliphatic heterocycles. The van der Waals surface area contributed by atoms with Gasteiger partial charge in [-0.2, -0.15) is 0 Å². The van der Waals surface area contributed by atoms with Crippen LogP contribution in [0.3, 0.4) is 0 Å². The summed E-state index contributed by atoms with van der Waals surface area (Å²) in [6.07, 6.45) is 2.42. The molecule has 0 saturated heterocycles. The summed E-state index contributed by atoms with van der Waals surface area (Å²) in [5.74, 6) is 0.268. The molecule has 0 spiro atoms. The van der Waals surface area contributed by atoms with Gasteiger partial charge in [0.05, 0.1) is 11.0 Å². The van der Waals surface area contributed by atoms with Crippen LogP contribution in [0, 0.1) is 5.82 Å². The SMILES string of the molecule is OC(COc1ccc2nccnc2c1)c1ccc(F)cc1. The van der Waals surface area contributed by atoms with E-state index in [0.717, 1.165) is 11.0 Å². The Kier molecular flexibility index (Phi) is 3.75. The first kappa shape index (κ1) is 13.5. The molecule has 0 radical (unpaired) electrons. The molecule has 1 atom stereocenters. The molecule has 3 rings (SSSR count). The van der Waals surface area contributed by atoms with Crippen LogP contribution in [0.25, 0.3) is 11.0 Å². The number of fused-ring (bicyclic) bond motifs is 1. The Bertz CT molecular complexity index is 747. The quantitative estimate of drug-likeness (QED) is 0.800. The van der Waals surface area contributed by atoms with Gasteiger partial charge in [0, 0.05) is 18.5 Å². The van der Waals surface area contributed by atoms with Crippen molar-refractivity contribution in [2.24, 2.45) is 0 Å². The molecule has 3 aromatic rings. The van der Waals surface area contributed by atoms with Crippen LogP contribution in [0.2, 0.25) is 0 Å². The van der Waals surface area contributed by atoms with Gasteiger partial charge < -0.3 is 9.84 Å². The number of nitrogens with zero attached hydrogens (tertiary/aromatic N) is 2. The third kappa shape index (κ3) is 3.14. The minimum absolute atomic E-state index is 0.0808. The molecule has 0 bridgehead atoms. The van der Waals surface area contributed by atoms with E-state index in [1.54, 1.807) is 24.5 Å². The lowest BCUT2D eigenvalue weighted by molar-refractivity contribution is 0.108. The molecular formula is C16H13FN2O2. The van der Waals surface area contributed by atoms with Crippen molar-refractivity contribution in [3.63, 3.8) is 0 Å². The number of ether oxygens (including phenoxy) is 1. The van der Waals surface area contributed by atoms with E-state index in [2.05, 4.69) is 9.97 Å². The Labute approximate surface area is 120 Å². The van der Waals surface area contributed by atoms with Gasteiger partial charge >= 0.3 is 0 Å². The van der Waals surface area contributed by atoms with Gasteiger partial charge in [0.25, 0.3) is 0 Å². The van der Waals surface area contributed by atoms with E-state index in [9.17, 15) is 9.50 Å². The maximum absolute atomic E-state index is 12.8. The summed E-state index contributed by atoms with van der Waals surface area (Å²) in [5.41, 5.74) is 2.12. The van der Waals surface area contributed by atoms with Gasteiger partial charge in [-0.3, -0.25) is 9.97 Å². The largest absolute Gasteiger partial charge is 0.490 e. The van der Waals surface area contributed by atoms with Crippen molar-refractivity contribution in [2.45, 2.75) is 6.10 Å². The Hall–Kier alpha value is -2.53. The molecule has 0 aliphatic rings.